The van der Waals surface area contributed by atoms with Gasteiger partial charge in [0.25, 0.3) is 0 Å². The third kappa shape index (κ3) is 3.41. The molecule has 1 aromatic heterocycles. The zero-order valence-corrected chi connectivity index (χ0v) is 12.5. The number of anilines is 1. The van der Waals surface area contributed by atoms with Crippen molar-refractivity contribution in [1.29, 1.82) is 0 Å². The Labute approximate surface area is 124 Å². The maximum atomic E-state index is 5.49. The largest absolute Gasteiger partial charge is 0.497 e. The summed E-state index contributed by atoms with van der Waals surface area (Å²) in [6.07, 6.45) is 1.86. The number of nitrogens with two attached hydrogens (primary N) is 1. The van der Waals surface area contributed by atoms with E-state index in [1.54, 1.807) is 20.3 Å². The summed E-state index contributed by atoms with van der Waals surface area (Å²) in [7, 11) is 3.22. The van der Waals surface area contributed by atoms with E-state index in [0.717, 1.165) is 29.8 Å². The molecule has 112 valence electrons. The minimum atomic E-state index is 0.577. The first-order valence-electron chi connectivity index (χ1n) is 6.78. The first-order chi connectivity index (χ1) is 10.2. The van der Waals surface area contributed by atoms with E-state index in [4.69, 9.17) is 15.3 Å². The highest BCUT2D eigenvalue weighted by Gasteiger charge is 2.12. The molecule has 0 unspecified atom stereocenters. The molecule has 0 fully saturated rings. The van der Waals surface area contributed by atoms with Gasteiger partial charge in [0.15, 0.2) is 5.82 Å². The van der Waals surface area contributed by atoms with Crippen molar-refractivity contribution >= 4 is 5.82 Å². The zero-order chi connectivity index (χ0) is 15.2. The number of hydrogen-bond acceptors (Lipinski definition) is 6. The van der Waals surface area contributed by atoms with E-state index in [9.17, 15) is 0 Å². The van der Waals surface area contributed by atoms with E-state index in [2.05, 4.69) is 22.3 Å². The Morgan fingerprint density at radius 3 is 2.57 bits per heavy atom. The predicted molar refractivity (Wildman–Crippen MR) is 82.4 cm³/mol. The smallest absolute Gasteiger partial charge is 0.165 e. The average Bonchev–Trinajstić information content (AvgIpc) is 2.54. The van der Waals surface area contributed by atoms with Crippen LogP contribution >= 0.6 is 0 Å². The molecule has 0 amide bonds. The number of ether oxygens (including phenoxy) is 2. The number of nitrogen functional groups attached to an aromatic ring is 1. The second kappa shape index (κ2) is 6.90. The van der Waals surface area contributed by atoms with Gasteiger partial charge in [0, 0.05) is 17.8 Å². The molecule has 0 spiro atoms. The fourth-order valence-corrected chi connectivity index (χ4v) is 2.06. The van der Waals surface area contributed by atoms with Crippen LogP contribution in [0.2, 0.25) is 0 Å². The molecule has 0 bridgehead atoms. The van der Waals surface area contributed by atoms with Gasteiger partial charge in [-0.3, -0.25) is 0 Å². The molecule has 0 aliphatic rings. The van der Waals surface area contributed by atoms with Crippen molar-refractivity contribution in [2.75, 3.05) is 19.6 Å². The number of nitrogens with zero attached hydrogens (tertiary/aromatic N) is 2. The highest BCUT2D eigenvalue weighted by atomic mass is 16.5. The van der Waals surface area contributed by atoms with Crippen LogP contribution in [-0.4, -0.2) is 24.2 Å². The lowest BCUT2D eigenvalue weighted by molar-refractivity contribution is 0.395. The van der Waals surface area contributed by atoms with Crippen LogP contribution in [0.3, 0.4) is 0 Å². The van der Waals surface area contributed by atoms with Gasteiger partial charge in [-0.2, -0.15) is 0 Å². The minimum Gasteiger partial charge on any atom is -0.497 e. The minimum absolute atomic E-state index is 0.577. The number of rotatable bonds is 6. The lowest BCUT2D eigenvalue weighted by Crippen LogP contribution is -2.10. The van der Waals surface area contributed by atoms with Crippen molar-refractivity contribution in [2.24, 2.45) is 5.84 Å². The third-order valence-corrected chi connectivity index (χ3v) is 3.08. The molecule has 0 aliphatic carbocycles. The monoisotopic (exact) mass is 288 g/mol. The van der Waals surface area contributed by atoms with Gasteiger partial charge in [0.05, 0.1) is 19.8 Å². The summed E-state index contributed by atoms with van der Waals surface area (Å²) in [4.78, 5) is 8.98. The van der Waals surface area contributed by atoms with Crippen molar-refractivity contribution in [1.82, 2.24) is 9.97 Å². The molecule has 0 saturated carbocycles. The van der Waals surface area contributed by atoms with Crippen LogP contribution in [0.15, 0.2) is 24.3 Å². The SMILES string of the molecule is CCCc1cc(NN)nc(-c2ccc(OC)cc2OC)n1. The Morgan fingerprint density at radius 2 is 1.95 bits per heavy atom. The number of nitrogens with one attached hydrogen (secondary N) is 1. The Hall–Kier alpha value is -2.34. The fourth-order valence-electron chi connectivity index (χ4n) is 2.06. The Bertz CT molecular complexity index is 617. The summed E-state index contributed by atoms with van der Waals surface area (Å²) in [5.41, 5.74) is 4.32. The number of aromatic nitrogens is 2. The Kier molecular flexibility index (Phi) is 4.94. The number of hydrogen-bond donors (Lipinski definition) is 2. The second-order valence-corrected chi connectivity index (χ2v) is 4.53. The molecule has 0 saturated heterocycles. The van der Waals surface area contributed by atoms with Crippen molar-refractivity contribution in [3.05, 3.63) is 30.0 Å². The van der Waals surface area contributed by atoms with Crippen LogP contribution in [0.1, 0.15) is 19.0 Å². The summed E-state index contributed by atoms with van der Waals surface area (Å²) < 4.78 is 10.6. The topological polar surface area (TPSA) is 82.3 Å². The van der Waals surface area contributed by atoms with Gasteiger partial charge < -0.3 is 14.9 Å². The van der Waals surface area contributed by atoms with Gasteiger partial charge in [-0.15, -0.1) is 0 Å². The number of hydrazine groups is 1. The lowest BCUT2D eigenvalue weighted by Gasteiger charge is -2.11. The summed E-state index contributed by atoms with van der Waals surface area (Å²) in [6, 6.07) is 7.38. The normalized spacial score (nSPS) is 10.3. The molecule has 0 aliphatic heterocycles. The lowest BCUT2D eigenvalue weighted by atomic mass is 10.1. The van der Waals surface area contributed by atoms with E-state index >= 15 is 0 Å². The van der Waals surface area contributed by atoms with Crippen LogP contribution in [0.25, 0.3) is 11.4 Å². The van der Waals surface area contributed by atoms with E-state index in [1.165, 1.54) is 0 Å². The van der Waals surface area contributed by atoms with E-state index in [0.29, 0.717) is 17.4 Å². The van der Waals surface area contributed by atoms with E-state index in [1.807, 2.05) is 18.2 Å². The van der Waals surface area contributed by atoms with Crippen LogP contribution < -0.4 is 20.7 Å². The first-order valence-corrected chi connectivity index (χ1v) is 6.78. The first kappa shape index (κ1) is 15.1. The van der Waals surface area contributed by atoms with Crippen LogP contribution in [-0.2, 0) is 6.42 Å². The zero-order valence-electron chi connectivity index (χ0n) is 12.5. The van der Waals surface area contributed by atoms with Gasteiger partial charge in [0.2, 0.25) is 0 Å². The quantitative estimate of drug-likeness (QED) is 0.627. The standard InChI is InChI=1S/C15H20N4O2/c1-4-5-10-8-14(19-16)18-15(17-10)12-7-6-11(20-2)9-13(12)21-3/h6-9H,4-5,16H2,1-3H3,(H,17,18,19). The fraction of sp³-hybridized carbons (Fsp3) is 0.333. The van der Waals surface area contributed by atoms with Crippen LogP contribution in [0.4, 0.5) is 5.82 Å². The van der Waals surface area contributed by atoms with Crippen molar-refractivity contribution in [3.63, 3.8) is 0 Å². The number of methoxy groups -OCH3 is 2. The van der Waals surface area contributed by atoms with E-state index in [-0.39, 0.29) is 0 Å². The maximum Gasteiger partial charge on any atom is 0.165 e. The predicted octanol–water partition coefficient (Wildman–Crippen LogP) is 2.40. The maximum absolute atomic E-state index is 5.49. The molecule has 0 radical (unpaired) electrons. The molecule has 2 rings (SSSR count). The molecule has 1 heterocycles. The van der Waals surface area contributed by atoms with Crippen molar-refractivity contribution in [2.45, 2.75) is 19.8 Å². The molecular formula is C15H20N4O2. The van der Waals surface area contributed by atoms with Gasteiger partial charge in [-0.05, 0) is 18.6 Å². The number of benzene rings is 1. The Morgan fingerprint density at radius 1 is 1.14 bits per heavy atom. The summed E-state index contributed by atoms with van der Waals surface area (Å²) in [5, 5.41) is 0. The molecule has 0 atom stereocenters. The van der Waals surface area contributed by atoms with Gasteiger partial charge in [-0.1, -0.05) is 13.3 Å². The Balaban J connectivity index is 2.52. The van der Waals surface area contributed by atoms with Gasteiger partial charge >= 0.3 is 0 Å². The molecule has 1 aromatic carbocycles. The molecule has 6 heteroatoms. The average molecular weight is 288 g/mol. The van der Waals surface area contributed by atoms with Crippen molar-refractivity contribution < 1.29 is 9.47 Å². The van der Waals surface area contributed by atoms with Crippen LogP contribution in [0, 0.1) is 0 Å². The number of aryl methyl sites for hydroxylation is 1. The van der Waals surface area contributed by atoms with Crippen LogP contribution in [0.5, 0.6) is 11.5 Å². The summed E-state index contributed by atoms with van der Waals surface area (Å²) in [5.74, 6) is 8.03. The molecule has 6 nitrogen and oxygen atoms in total. The molecule has 21 heavy (non-hydrogen) atoms. The third-order valence-electron chi connectivity index (χ3n) is 3.08. The van der Waals surface area contributed by atoms with E-state index < -0.39 is 0 Å². The summed E-state index contributed by atoms with van der Waals surface area (Å²) >= 11 is 0. The second-order valence-electron chi connectivity index (χ2n) is 4.53. The molecule has 3 N–H and O–H groups in total. The van der Waals surface area contributed by atoms with Gasteiger partial charge in [0.1, 0.15) is 17.3 Å². The summed E-state index contributed by atoms with van der Waals surface area (Å²) in [6.45, 7) is 2.10. The van der Waals surface area contributed by atoms with Gasteiger partial charge in [-0.25, -0.2) is 15.8 Å². The van der Waals surface area contributed by atoms with Crippen molar-refractivity contribution in [3.8, 4) is 22.9 Å². The highest BCUT2D eigenvalue weighted by molar-refractivity contribution is 5.67. The molecule has 2 aromatic rings. The highest BCUT2D eigenvalue weighted by Crippen LogP contribution is 2.32. The molecular weight excluding hydrogens is 268 g/mol.